The first-order valence-corrected chi connectivity index (χ1v) is 12.1. The van der Waals surface area contributed by atoms with Crippen molar-refractivity contribution < 1.29 is 9.59 Å². The molecule has 1 aromatic carbocycles. The highest BCUT2D eigenvalue weighted by molar-refractivity contribution is 5.98. The Morgan fingerprint density at radius 2 is 1.91 bits per heavy atom. The average Bonchev–Trinajstić information content (AvgIpc) is 3.44. The second-order valence-electron chi connectivity index (χ2n) is 9.10. The van der Waals surface area contributed by atoms with Crippen molar-refractivity contribution in [1.29, 1.82) is 0 Å². The first-order chi connectivity index (χ1) is 16.3. The molecule has 1 aliphatic rings. The van der Waals surface area contributed by atoms with Crippen LogP contribution in [0.1, 0.15) is 69.7 Å². The maximum absolute atomic E-state index is 13.4. The van der Waals surface area contributed by atoms with Crippen molar-refractivity contribution in [3.8, 4) is 0 Å². The third-order valence-corrected chi connectivity index (χ3v) is 6.49. The molecule has 2 heterocycles. The summed E-state index contributed by atoms with van der Waals surface area (Å²) in [5.41, 5.74) is -0.159. The summed E-state index contributed by atoms with van der Waals surface area (Å²) in [6, 6.07) is 4.83. The lowest BCUT2D eigenvalue weighted by atomic mass is 10.1. The summed E-state index contributed by atoms with van der Waals surface area (Å²) in [6.07, 6.45) is 5.49. The van der Waals surface area contributed by atoms with Gasteiger partial charge >= 0.3 is 5.69 Å². The highest BCUT2D eigenvalue weighted by atomic mass is 16.2. The minimum Gasteiger partial charge on any atom is -0.352 e. The molecule has 1 fully saturated rings. The normalized spacial score (nSPS) is 15.1. The van der Waals surface area contributed by atoms with Crippen LogP contribution in [0.4, 0.5) is 0 Å². The van der Waals surface area contributed by atoms with Crippen LogP contribution in [0, 0.1) is 0 Å². The van der Waals surface area contributed by atoms with Gasteiger partial charge in [0.15, 0.2) is 0 Å². The van der Waals surface area contributed by atoms with Crippen LogP contribution < -0.4 is 21.9 Å². The Bertz CT molecular complexity index is 1350. The average molecular weight is 469 g/mol. The molecular weight excluding hydrogens is 436 g/mol. The zero-order valence-corrected chi connectivity index (χ0v) is 20.0. The molecule has 0 spiro atoms. The van der Waals surface area contributed by atoms with E-state index in [9.17, 15) is 19.2 Å². The highest BCUT2D eigenvalue weighted by Gasteiger charge is 2.22. The second kappa shape index (κ2) is 9.82. The molecule has 34 heavy (non-hydrogen) atoms. The molecule has 0 bridgehead atoms. The lowest BCUT2D eigenvalue weighted by Gasteiger charge is -2.13. The summed E-state index contributed by atoms with van der Waals surface area (Å²) >= 11 is 0. The number of nitrogens with one attached hydrogen (secondary N) is 2. The molecule has 10 nitrogen and oxygen atoms in total. The molecule has 182 valence electrons. The summed E-state index contributed by atoms with van der Waals surface area (Å²) in [7, 11) is 0. The molecule has 3 aromatic rings. The van der Waals surface area contributed by atoms with Gasteiger partial charge in [0.05, 0.1) is 10.9 Å². The molecule has 1 saturated carbocycles. The quantitative estimate of drug-likeness (QED) is 0.523. The number of carbonyl (C=O) groups excluding carboxylic acids is 2. The Balaban J connectivity index is 1.82. The standard InChI is InChI=1S/C24H32N6O4/c1-4-12-28-22(33)18-11-10-16(21(32)25-15(3)5-2)13-19(18)30-23(28)27-29(24(30)34)14-20(31)26-17-8-6-7-9-17/h10-11,13,15,17H,4-9,12,14H2,1-3H3,(H,25,32)(H,26,31). The van der Waals surface area contributed by atoms with Crippen LogP contribution >= 0.6 is 0 Å². The largest absolute Gasteiger partial charge is 0.352 e. The van der Waals surface area contributed by atoms with Crippen LogP contribution in [-0.4, -0.2) is 42.6 Å². The van der Waals surface area contributed by atoms with E-state index < -0.39 is 5.69 Å². The molecule has 1 atom stereocenters. The summed E-state index contributed by atoms with van der Waals surface area (Å²) in [6.45, 7) is 5.96. The Labute approximate surface area is 196 Å². The van der Waals surface area contributed by atoms with Crippen LogP contribution in [0.15, 0.2) is 27.8 Å². The van der Waals surface area contributed by atoms with Crippen LogP contribution in [0.25, 0.3) is 16.7 Å². The fourth-order valence-electron chi connectivity index (χ4n) is 4.47. The summed E-state index contributed by atoms with van der Waals surface area (Å²) in [5, 5.41) is 10.5. The van der Waals surface area contributed by atoms with Crippen molar-refractivity contribution in [2.24, 2.45) is 0 Å². The van der Waals surface area contributed by atoms with Gasteiger partial charge in [-0.05, 0) is 50.8 Å². The van der Waals surface area contributed by atoms with E-state index in [0.29, 0.717) is 29.4 Å². The summed E-state index contributed by atoms with van der Waals surface area (Å²) < 4.78 is 3.87. The SMILES string of the molecule is CCCn1c(=O)c2ccc(C(=O)NC(C)CC)cc2n2c(=O)n(CC(=O)NC3CCCC3)nc12. The van der Waals surface area contributed by atoms with E-state index in [1.807, 2.05) is 20.8 Å². The van der Waals surface area contributed by atoms with Crippen molar-refractivity contribution in [1.82, 2.24) is 29.4 Å². The van der Waals surface area contributed by atoms with Gasteiger partial charge in [-0.15, -0.1) is 5.10 Å². The van der Waals surface area contributed by atoms with Crippen molar-refractivity contribution in [3.63, 3.8) is 0 Å². The van der Waals surface area contributed by atoms with E-state index >= 15 is 0 Å². The molecular formula is C24H32N6O4. The van der Waals surface area contributed by atoms with Crippen LogP contribution in [-0.2, 0) is 17.9 Å². The number of aromatic nitrogens is 4. The Kier molecular flexibility index (Phi) is 6.85. The van der Waals surface area contributed by atoms with E-state index in [2.05, 4.69) is 15.7 Å². The van der Waals surface area contributed by atoms with Crippen LogP contribution in [0.5, 0.6) is 0 Å². The van der Waals surface area contributed by atoms with Gasteiger partial charge < -0.3 is 10.6 Å². The van der Waals surface area contributed by atoms with Gasteiger partial charge in [0, 0.05) is 24.2 Å². The maximum atomic E-state index is 13.4. The number of rotatable bonds is 8. The van der Waals surface area contributed by atoms with Crippen molar-refractivity contribution in [2.45, 2.75) is 84.5 Å². The zero-order valence-electron chi connectivity index (χ0n) is 20.0. The molecule has 10 heteroatoms. The maximum Gasteiger partial charge on any atom is 0.352 e. The van der Waals surface area contributed by atoms with E-state index in [-0.39, 0.29) is 41.8 Å². The molecule has 4 rings (SSSR count). The predicted molar refractivity (Wildman–Crippen MR) is 129 cm³/mol. The molecule has 1 unspecified atom stereocenters. The number of hydrogen-bond acceptors (Lipinski definition) is 5. The minimum absolute atomic E-state index is 0.00961. The van der Waals surface area contributed by atoms with Gasteiger partial charge in [0.1, 0.15) is 6.54 Å². The van der Waals surface area contributed by atoms with Crippen molar-refractivity contribution in [2.75, 3.05) is 0 Å². The smallest absolute Gasteiger partial charge is 0.352 e. The van der Waals surface area contributed by atoms with E-state index in [1.54, 1.807) is 18.2 Å². The first-order valence-electron chi connectivity index (χ1n) is 12.1. The van der Waals surface area contributed by atoms with E-state index in [1.165, 1.54) is 8.97 Å². The molecule has 0 saturated heterocycles. The van der Waals surface area contributed by atoms with E-state index in [4.69, 9.17) is 0 Å². The molecule has 2 N–H and O–H groups in total. The third-order valence-electron chi connectivity index (χ3n) is 6.49. The van der Waals surface area contributed by atoms with Crippen LogP contribution in [0.2, 0.25) is 0 Å². The van der Waals surface area contributed by atoms with Crippen LogP contribution in [0.3, 0.4) is 0 Å². The molecule has 0 radical (unpaired) electrons. The summed E-state index contributed by atoms with van der Waals surface area (Å²) in [4.78, 5) is 51.8. The third kappa shape index (κ3) is 4.49. The Hall–Kier alpha value is -3.43. The number of benzene rings is 1. The lowest BCUT2D eigenvalue weighted by molar-refractivity contribution is -0.122. The zero-order chi connectivity index (χ0) is 24.4. The Morgan fingerprint density at radius 3 is 2.59 bits per heavy atom. The number of aryl methyl sites for hydroxylation is 1. The minimum atomic E-state index is -0.522. The van der Waals surface area contributed by atoms with Gasteiger partial charge in [0.25, 0.3) is 11.5 Å². The van der Waals surface area contributed by atoms with Gasteiger partial charge in [-0.2, -0.15) is 0 Å². The van der Waals surface area contributed by atoms with Crippen molar-refractivity contribution in [3.05, 3.63) is 44.6 Å². The van der Waals surface area contributed by atoms with E-state index in [0.717, 1.165) is 36.8 Å². The lowest BCUT2D eigenvalue weighted by Crippen LogP contribution is -2.37. The fourth-order valence-corrected chi connectivity index (χ4v) is 4.47. The van der Waals surface area contributed by atoms with Gasteiger partial charge in [-0.1, -0.05) is 26.7 Å². The Morgan fingerprint density at radius 1 is 1.18 bits per heavy atom. The predicted octanol–water partition coefficient (Wildman–Crippen LogP) is 1.81. The number of carbonyl (C=O) groups is 2. The second-order valence-corrected chi connectivity index (χ2v) is 9.10. The molecule has 2 aromatic heterocycles. The number of fused-ring (bicyclic) bond motifs is 3. The number of nitrogens with zero attached hydrogens (tertiary/aromatic N) is 4. The highest BCUT2D eigenvalue weighted by Crippen LogP contribution is 2.18. The molecule has 2 amide bonds. The number of amides is 2. The fraction of sp³-hybridized carbons (Fsp3) is 0.542. The topological polar surface area (TPSA) is 120 Å². The van der Waals surface area contributed by atoms with Crippen molar-refractivity contribution >= 4 is 28.5 Å². The summed E-state index contributed by atoms with van der Waals surface area (Å²) in [5.74, 6) is -0.393. The number of hydrogen-bond donors (Lipinski definition) is 2. The van der Waals surface area contributed by atoms with Gasteiger partial charge in [0.2, 0.25) is 11.7 Å². The molecule has 0 aliphatic heterocycles. The monoisotopic (exact) mass is 468 g/mol. The molecule has 1 aliphatic carbocycles. The van der Waals surface area contributed by atoms with Gasteiger partial charge in [-0.3, -0.25) is 19.0 Å². The first kappa shape index (κ1) is 23.7. The van der Waals surface area contributed by atoms with Gasteiger partial charge in [-0.25, -0.2) is 13.9 Å².